The Morgan fingerprint density at radius 1 is 0.933 bits per heavy atom. The van der Waals surface area contributed by atoms with Gasteiger partial charge in [0.1, 0.15) is 6.42 Å². The molecule has 0 radical (unpaired) electrons. The molecule has 88 valence electrons. The van der Waals surface area contributed by atoms with E-state index in [9.17, 15) is 9.59 Å². The first-order valence-corrected chi connectivity index (χ1v) is 5.90. The third-order valence-electron chi connectivity index (χ3n) is 1.00. The van der Waals surface area contributed by atoms with E-state index in [1.165, 1.54) is 0 Å². The standard InChI is InChI=1S/C9H14Br2O4/c1-8(2,10)14-6(12)5-7(13)15-9(3,4)11/h5H2,1-4H3. The van der Waals surface area contributed by atoms with E-state index in [-0.39, 0.29) is 0 Å². The van der Waals surface area contributed by atoms with Crippen molar-refractivity contribution in [2.75, 3.05) is 0 Å². The van der Waals surface area contributed by atoms with Crippen molar-refractivity contribution in [3.8, 4) is 0 Å². The van der Waals surface area contributed by atoms with Gasteiger partial charge in [-0.2, -0.15) is 0 Å². The molecule has 0 aliphatic heterocycles. The SMILES string of the molecule is CC(C)(Br)OC(=O)CC(=O)OC(C)(C)Br. The molecule has 0 atom stereocenters. The van der Waals surface area contributed by atoms with Crippen LogP contribution in [0.2, 0.25) is 0 Å². The van der Waals surface area contributed by atoms with E-state index in [2.05, 4.69) is 31.9 Å². The molecule has 4 nitrogen and oxygen atoms in total. The number of rotatable bonds is 4. The monoisotopic (exact) mass is 344 g/mol. The number of esters is 2. The van der Waals surface area contributed by atoms with Crippen LogP contribution in [0.5, 0.6) is 0 Å². The summed E-state index contributed by atoms with van der Waals surface area (Å²) < 4.78 is 8.23. The molecule has 0 aromatic rings. The average molecular weight is 346 g/mol. The summed E-state index contributed by atoms with van der Waals surface area (Å²) in [5.41, 5.74) is 0. The van der Waals surface area contributed by atoms with Gasteiger partial charge in [0, 0.05) is 0 Å². The van der Waals surface area contributed by atoms with Crippen molar-refractivity contribution in [2.45, 2.75) is 43.1 Å². The predicted octanol–water partition coefficient (Wildman–Crippen LogP) is 2.72. The molecule has 0 saturated carbocycles. The molecular weight excluding hydrogens is 332 g/mol. The van der Waals surface area contributed by atoms with Gasteiger partial charge < -0.3 is 9.47 Å². The molecule has 0 aliphatic rings. The van der Waals surface area contributed by atoms with E-state index >= 15 is 0 Å². The highest BCUT2D eigenvalue weighted by molar-refractivity contribution is 9.10. The van der Waals surface area contributed by atoms with Crippen LogP contribution in [0.25, 0.3) is 0 Å². The zero-order chi connectivity index (χ0) is 12.3. The van der Waals surface area contributed by atoms with Gasteiger partial charge >= 0.3 is 11.9 Å². The Kier molecular flexibility index (Phi) is 5.26. The topological polar surface area (TPSA) is 52.6 Å². The lowest BCUT2D eigenvalue weighted by atomic mass is 10.4. The van der Waals surface area contributed by atoms with Crippen molar-refractivity contribution in [2.24, 2.45) is 0 Å². The van der Waals surface area contributed by atoms with Gasteiger partial charge in [0.2, 0.25) is 0 Å². The minimum absolute atomic E-state index is 0.399. The van der Waals surface area contributed by atoms with Crippen LogP contribution in [0.1, 0.15) is 34.1 Å². The molecule has 0 aliphatic carbocycles. The van der Waals surface area contributed by atoms with Gasteiger partial charge in [-0.25, -0.2) is 0 Å². The molecule has 0 aromatic heterocycles. The van der Waals surface area contributed by atoms with E-state index in [0.717, 1.165) is 0 Å². The van der Waals surface area contributed by atoms with Crippen LogP contribution in [0.3, 0.4) is 0 Å². The molecule has 0 fully saturated rings. The third kappa shape index (κ3) is 10.2. The van der Waals surface area contributed by atoms with Crippen LogP contribution in [0.15, 0.2) is 0 Å². The zero-order valence-electron chi connectivity index (χ0n) is 9.10. The fraction of sp³-hybridized carbons (Fsp3) is 0.778. The maximum Gasteiger partial charge on any atom is 0.318 e. The second kappa shape index (κ2) is 5.30. The molecule has 0 rings (SSSR count). The van der Waals surface area contributed by atoms with Crippen molar-refractivity contribution >= 4 is 43.8 Å². The Morgan fingerprint density at radius 3 is 1.40 bits per heavy atom. The molecule has 0 aromatic carbocycles. The molecule has 0 unspecified atom stereocenters. The summed E-state index contributed by atoms with van der Waals surface area (Å²) in [5, 5.41) is 0. The number of ether oxygens (including phenoxy) is 2. The van der Waals surface area contributed by atoms with Gasteiger partial charge in [0.05, 0.1) is 0 Å². The van der Waals surface area contributed by atoms with Crippen LogP contribution in [-0.4, -0.2) is 21.0 Å². The molecule has 0 N–H and O–H groups in total. The summed E-state index contributed by atoms with van der Waals surface area (Å²) in [7, 11) is 0. The predicted molar refractivity (Wildman–Crippen MR) is 62.8 cm³/mol. The van der Waals surface area contributed by atoms with Gasteiger partial charge in [-0.3, -0.25) is 9.59 Å². The van der Waals surface area contributed by atoms with Crippen LogP contribution in [0, 0.1) is 0 Å². The van der Waals surface area contributed by atoms with Crippen molar-refractivity contribution < 1.29 is 19.1 Å². The van der Waals surface area contributed by atoms with Gasteiger partial charge in [-0.1, -0.05) is 0 Å². The van der Waals surface area contributed by atoms with Gasteiger partial charge in [-0.15, -0.1) is 0 Å². The van der Waals surface area contributed by atoms with Crippen molar-refractivity contribution in [1.82, 2.24) is 0 Å². The fourth-order valence-corrected chi connectivity index (χ4v) is 1.09. The molecule has 0 saturated heterocycles. The van der Waals surface area contributed by atoms with Crippen LogP contribution in [-0.2, 0) is 19.1 Å². The van der Waals surface area contributed by atoms with Crippen molar-refractivity contribution in [3.63, 3.8) is 0 Å². The Balaban J connectivity index is 4.04. The maximum absolute atomic E-state index is 11.2. The number of alkyl halides is 2. The Labute approximate surface area is 106 Å². The smallest absolute Gasteiger partial charge is 0.318 e. The Hall–Kier alpha value is -0.100. The summed E-state index contributed by atoms with van der Waals surface area (Å²) in [5.74, 6) is -1.25. The lowest BCUT2D eigenvalue weighted by Crippen LogP contribution is -2.26. The molecule has 6 heteroatoms. The summed E-state index contributed by atoms with van der Waals surface area (Å²) in [4.78, 5) is 22.4. The zero-order valence-corrected chi connectivity index (χ0v) is 12.3. The number of carbonyl (C=O) groups is 2. The second-order valence-corrected chi connectivity index (χ2v) is 7.67. The number of hydrogen-bond donors (Lipinski definition) is 0. The summed E-state index contributed by atoms with van der Waals surface area (Å²) >= 11 is 6.25. The first-order chi connectivity index (χ1) is 6.49. The average Bonchev–Trinajstić information content (AvgIpc) is 1.73. The normalized spacial score (nSPS) is 12.1. The first-order valence-electron chi connectivity index (χ1n) is 4.31. The molecule has 0 spiro atoms. The summed E-state index contributed by atoms with van der Waals surface area (Å²) in [6, 6.07) is 0. The summed E-state index contributed by atoms with van der Waals surface area (Å²) in [6.07, 6.45) is -0.399. The van der Waals surface area contributed by atoms with Crippen molar-refractivity contribution in [3.05, 3.63) is 0 Å². The number of hydrogen-bond acceptors (Lipinski definition) is 4. The quantitative estimate of drug-likeness (QED) is 0.446. The molecule has 0 bridgehead atoms. The van der Waals surface area contributed by atoms with Gasteiger partial charge in [-0.05, 0) is 59.6 Å². The first kappa shape index (κ1) is 14.9. The second-order valence-electron chi connectivity index (χ2n) is 3.85. The highest BCUT2D eigenvalue weighted by atomic mass is 79.9. The van der Waals surface area contributed by atoms with E-state index in [4.69, 9.17) is 9.47 Å². The van der Waals surface area contributed by atoms with E-state index < -0.39 is 27.4 Å². The Bertz CT molecular complexity index is 224. The Morgan fingerprint density at radius 2 is 1.20 bits per heavy atom. The third-order valence-corrected chi connectivity index (χ3v) is 1.33. The lowest BCUT2D eigenvalue weighted by molar-refractivity contribution is -0.160. The van der Waals surface area contributed by atoms with Crippen LogP contribution >= 0.6 is 31.9 Å². The minimum Gasteiger partial charge on any atom is -0.448 e. The number of carbonyl (C=O) groups excluding carboxylic acids is 2. The van der Waals surface area contributed by atoms with Gasteiger partial charge in [0.15, 0.2) is 9.02 Å². The van der Waals surface area contributed by atoms with Crippen LogP contribution in [0.4, 0.5) is 0 Å². The van der Waals surface area contributed by atoms with Crippen molar-refractivity contribution in [1.29, 1.82) is 0 Å². The maximum atomic E-state index is 11.2. The minimum atomic E-state index is -0.770. The lowest BCUT2D eigenvalue weighted by Gasteiger charge is -2.19. The molecule has 0 heterocycles. The van der Waals surface area contributed by atoms with E-state index in [1.807, 2.05) is 0 Å². The van der Waals surface area contributed by atoms with E-state index in [0.29, 0.717) is 0 Å². The fourth-order valence-electron chi connectivity index (χ4n) is 0.731. The highest BCUT2D eigenvalue weighted by Crippen LogP contribution is 2.20. The van der Waals surface area contributed by atoms with Crippen LogP contribution < -0.4 is 0 Å². The summed E-state index contributed by atoms with van der Waals surface area (Å²) in [6.45, 7) is 6.63. The number of halogens is 2. The largest absolute Gasteiger partial charge is 0.448 e. The van der Waals surface area contributed by atoms with E-state index in [1.54, 1.807) is 27.7 Å². The molecule has 15 heavy (non-hydrogen) atoms. The van der Waals surface area contributed by atoms with Gasteiger partial charge in [0.25, 0.3) is 0 Å². The molecular formula is C9H14Br2O4. The molecule has 0 amide bonds. The highest BCUT2D eigenvalue weighted by Gasteiger charge is 2.24.